The molecule has 0 aliphatic carbocycles. The number of nitrogens with zero attached hydrogens (tertiary/aromatic N) is 1. The molecule has 0 aliphatic rings. The Morgan fingerprint density at radius 1 is 0.958 bits per heavy atom. The van der Waals surface area contributed by atoms with Crippen LogP contribution < -0.4 is 4.74 Å². The molecule has 0 atom stereocenters. The lowest BCUT2D eigenvalue weighted by Crippen LogP contribution is -1.84. The number of halogens is 1. The molecule has 0 radical (unpaired) electrons. The van der Waals surface area contributed by atoms with Crippen molar-refractivity contribution in [3.8, 4) is 28.1 Å². The summed E-state index contributed by atoms with van der Waals surface area (Å²) in [7, 11) is 1.69. The molecule has 3 nitrogen and oxygen atoms in total. The summed E-state index contributed by atoms with van der Waals surface area (Å²) < 4.78 is 6.58. The molecule has 118 valence electrons. The predicted octanol–water partition coefficient (Wildman–Crippen LogP) is 5.51. The van der Waals surface area contributed by atoms with E-state index in [1.807, 2.05) is 36.7 Å². The van der Waals surface area contributed by atoms with Gasteiger partial charge in [-0.3, -0.25) is 4.98 Å². The molecule has 0 saturated heterocycles. The molecule has 0 fully saturated rings. The summed E-state index contributed by atoms with van der Waals surface area (Å²) in [5, 5.41) is 1.18. The molecule has 0 saturated carbocycles. The molecule has 4 rings (SSSR count). The van der Waals surface area contributed by atoms with Gasteiger partial charge in [0.1, 0.15) is 5.75 Å². The summed E-state index contributed by atoms with van der Waals surface area (Å²) in [6, 6.07) is 18.7. The van der Waals surface area contributed by atoms with E-state index in [4.69, 9.17) is 4.74 Å². The molecule has 0 unspecified atom stereocenters. The van der Waals surface area contributed by atoms with Crippen molar-refractivity contribution in [3.05, 3.63) is 70.6 Å². The van der Waals surface area contributed by atoms with E-state index in [0.29, 0.717) is 0 Å². The highest BCUT2D eigenvalue weighted by molar-refractivity contribution is 14.1. The summed E-state index contributed by atoms with van der Waals surface area (Å²) in [6.07, 6.45) is 3.66. The molecule has 0 aliphatic heterocycles. The van der Waals surface area contributed by atoms with E-state index in [9.17, 15) is 0 Å². The van der Waals surface area contributed by atoms with Crippen molar-refractivity contribution in [1.29, 1.82) is 0 Å². The van der Waals surface area contributed by atoms with Gasteiger partial charge in [0.2, 0.25) is 0 Å². The second kappa shape index (κ2) is 6.28. The number of benzene rings is 2. The molecule has 2 aromatic heterocycles. The van der Waals surface area contributed by atoms with Crippen LogP contribution in [-0.4, -0.2) is 17.1 Å². The van der Waals surface area contributed by atoms with E-state index < -0.39 is 0 Å². The van der Waals surface area contributed by atoms with Crippen LogP contribution in [0.4, 0.5) is 0 Å². The van der Waals surface area contributed by atoms with E-state index in [1.54, 1.807) is 7.11 Å². The maximum Gasteiger partial charge on any atom is 0.120 e. The van der Waals surface area contributed by atoms with Crippen LogP contribution in [0.5, 0.6) is 5.75 Å². The number of pyridine rings is 1. The highest BCUT2D eigenvalue weighted by Gasteiger charge is 2.15. The highest BCUT2D eigenvalue weighted by atomic mass is 127. The monoisotopic (exact) mass is 426 g/mol. The van der Waals surface area contributed by atoms with Gasteiger partial charge in [0.05, 0.1) is 18.3 Å². The minimum Gasteiger partial charge on any atom is -0.497 e. The van der Waals surface area contributed by atoms with Crippen molar-refractivity contribution in [1.82, 2.24) is 9.97 Å². The number of hydrogen-bond donors (Lipinski definition) is 1. The molecule has 2 aromatic carbocycles. The van der Waals surface area contributed by atoms with E-state index in [0.717, 1.165) is 22.5 Å². The Kier molecular flexibility index (Phi) is 3.98. The van der Waals surface area contributed by atoms with Crippen LogP contribution in [0.25, 0.3) is 33.3 Å². The number of nitrogens with one attached hydrogen (secondary N) is 1. The molecule has 0 spiro atoms. The minimum absolute atomic E-state index is 0.847. The zero-order valence-corrected chi connectivity index (χ0v) is 15.2. The van der Waals surface area contributed by atoms with Gasteiger partial charge in [-0.1, -0.05) is 12.1 Å². The predicted molar refractivity (Wildman–Crippen MR) is 106 cm³/mol. The van der Waals surface area contributed by atoms with Gasteiger partial charge >= 0.3 is 0 Å². The van der Waals surface area contributed by atoms with Crippen molar-refractivity contribution < 1.29 is 4.74 Å². The van der Waals surface area contributed by atoms with E-state index in [2.05, 4.69) is 62.9 Å². The average Bonchev–Trinajstić information content (AvgIpc) is 3.01. The Balaban J connectivity index is 2.04. The summed E-state index contributed by atoms with van der Waals surface area (Å²) in [6.45, 7) is 0. The van der Waals surface area contributed by atoms with Gasteiger partial charge in [-0.2, -0.15) is 0 Å². The second-order valence-electron chi connectivity index (χ2n) is 5.53. The summed E-state index contributed by atoms with van der Waals surface area (Å²) in [4.78, 5) is 7.72. The first-order valence-corrected chi connectivity index (χ1v) is 8.70. The van der Waals surface area contributed by atoms with Crippen molar-refractivity contribution >= 4 is 33.5 Å². The van der Waals surface area contributed by atoms with Crippen LogP contribution >= 0.6 is 22.6 Å². The molecular weight excluding hydrogens is 411 g/mol. The SMILES string of the molecule is COc1ccc2c(-c3ccncc3)c(-c3cccc(I)c3)[nH]c2c1. The maximum atomic E-state index is 5.37. The van der Waals surface area contributed by atoms with Crippen LogP contribution in [0.3, 0.4) is 0 Å². The zero-order chi connectivity index (χ0) is 16.5. The third-order valence-electron chi connectivity index (χ3n) is 4.09. The molecule has 0 bridgehead atoms. The lowest BCUT2D eigenvalue weighted by Gasteiger charge is -2.06. The zero-order valence-electron chi connectivity index (χ0n) is 13.1. The molecule has 4 heteroatoms. The molecule has 24 heavy (non-hydrogen) atoms. The van der Waals surface area contributed by atoms with Crippen LogP contribution in [0.2, 0.25) is 0 Å². The fourth-order valence-corrected chi connectivity index (χ4v) is 3.53. The first kappa shape index (κ1) is 15.2. The number of H-pyrrole nitrogens is 1. The van der Waals surface area contributed by atoms with Crippen LogP contribution in [0.15, 0.2) is 67.0 Å². The Morgan fingerprint density at radius 3 is 2.54 bits per heavy atom. The number of hydrogen-bond acceptors (Lipinski definition) is 2. The van der Waals surface area contributed by atoms with Crippen molar-refractivity contribution in [2.45, 2.75) is 0 Å². The topological polar surface area (TPSA) is 37.9 Å². The highest BCUT2D eigenvalue weighted by Crippen LogP contribution is 2.39. The van der Waals surface area contributed by atoms with Gasteiger partial charge < -0.3 is 9.72 Å². The Hall–Kier alpha value is -2.34. The first-order chi connectivity index (χ1) is 11.8. The summed E-state index contributed by atoms with van der Waals surface area (Å²) >= 11 is 2.34. The van der Waals surface area contributed by atoms with Gasteiger partial charge in [0.25, 0.3) is 0 Å². The van der Waals surface area contributed by atoms with E-state index >= 15 is 0 Å². The molecule has 4 aromatic rings. The van der Waals surface area contributed by atoms with Crippen LogP contribution in [0.1, 0.15) is 0 Å². The fourth-order valence-electron chi connectivity index (χ4n) is 2.98. The molecule has 1 N–H and O–H groups in total. The second-order valence-corrected chi connectivity index (χ2v) is 6.78. The third-order valence-corrected chi connectivity index (χ3v) is 4.76. The number of ether oxygens (including phenoxy) is 1. The minimum atomic E-state index is 0.847. The van der Waals surface area contributed by atoms with Gasteiger partial charge in [-0.15, -0.1) is 0 Å². The molecule has 2 heterocycles. The molecule has 0 amide bonds. The standard InChI is InChI=1S/C20H15IN2O/c1-24-16-5-6-17-18(12-16)23-20(14-3-2-4-15(21)11-14)19(17)13-7-9-22-10-8-13/h2-12,23H,1H3. The number of aromatic nitrogens is 2. The van der Waals surface area contributed by atoms with Crippen LogP contribution in [-0.2, 0) is 0 Å². The summed E-state index contributed by atoms with van der Waals surface area (Å²) in [5.74, 6) is 0.847. The van der Waals surface area contributed by atoms with Crippen LogP contribution in [0, 0.1) is 3.57 Å². The smallest absolute Gasteiger partial charge is 0.120 e. The van der Waals surface area contributed by atoms with Crippen molar-refractivity contribution in [2.24, 2.45) is 0 Å². The summed E-state index contributed by atoms with van der Waals surface area (Å²) in [5.41, 5.74) is 5.69. The quantitative estimate of drug-likeness (QED) is 0.439. The van der Waals surface area contributed by atoms with Gasteiger partial charge in [0, 0.05) is 33.0 Å². The normalized spacial score (nSPS) is 10.9. The third kappa shape index (κ3) is 2.67. The molecular formula is C20H15IN2O. The van der Waals surface area contributed by atoms with E-state index in [1.165, 1.54) is 20.1 Å². The lowest BCUT2D eigenvalue weighted by molar-refractivity contribution is 0.415. The Labute approximate surface area is 153 Å². The van der Waals surface area contributed by atoms with E-state index in [-0.39, 0.29) is 0 Å². The van der Waals surface area contributed by atoms with Crippen molar-refractivity contribution in [2.75, 3.05) is 7.11 Å². The number of methoxy groups -OCH3 is 1. The number of rotatable bonds is 3. The number of aromatic amines is 1. The largest absolute Gasteiger partial charge is 0.497 e. The Morgan fingerprint density at radius 2 is 1.79 bits per heavy atom. The average molecular weight is 426 g/mol. The van der Waals surface area contributed by atoms with Gasteiger partial charge in [-0.05, 0) is 70.1 Å². The van der Waals surface area contributed by atoms with Crippen molar-refractivity contribution in [3.63, 3.8) is 0 Å². The Bertz CT molecular complexity index is 1010. The van der Waals surface area contributed by atoms with Gasteiger partial charge in [-0.25, -0.2) is 0 Å². The van der Waals surface area contributed by atoms with Gasteiger partial charge in [0.15, 0.2) is 0 Å². The lowest BCUT2D eigenvalue weighted by atomic mass is 9.99. The first-order valence-electron chi connectivity index (χ1n) is 7.62. The number of fused-ring (bicyclic) bond motifs is 1. The fraction of sp³-hybridized carbons (Fsp3) is 0.0500. The maximum absolute atomic E-state index is 5.37.